The molecule has 0 aliphatic carbocycles. The van der Waals surface area contributed by atoms with Crippen LogP contribution in [0.5, 0.6) is 5.75 Å². The van der Waals surface area contributed by atoms with Crippen LogP contribution in [0.1, 0.15) is 11.4 Å². The van der Waals surface area contributed by atoms with Gasteiger partial charge in [-0.1, -0.05) is 12.1 Å². The molecule has 0 saturated carbocycles. The molecule has 3 rings (SSSR count). The number of hydrogen-bond acceptors (Lipinski definition) is 4. The SMILES string of the molecule is Cc1nc(-c2ccco2)n(-c2ccccc2OC(N)=O)c1C. The lowest BCUT2D eigenvalue weighted by atomic mass is 10.2. The lowest BCUT2D eigenvalue weighted by Gasteiger charge is -2.13. The summed E-state index contributed by atoms with van der Waals surface area (Å²) in [5, 5.41) is 0. The van der Waals surface area contributed by atoms with E-state index in [-0.39, 0.29) is 0 Å². The van der Waals surface area contributed by atoms with Crippen molar-refractivity contribution in [3.05, 3.63) is 54.0 Å². The largest absolute Gasteiger partial charge is 0.461 e. The number of ether oxygens (including phenoxy) is 1. The van der Waals surface area contributed by atoms with Crippen molar-refractivity contribution in [1.29, 1.82) is 0 Å². The molecule has 1 amide bonds. The molecule has 0 atom stereocenters. The number of carbonyl (C=O) groups excluding carboxylic acids is 1. The summed E-state index contributed by atoms with van der Waals surface area (Å²) < 4.78 is 12.4. The molecule has 0 aliphatic heterocycles. The van der Waals surface area contributed by atoms with E-state index in [1.165, 1.54) is 0 Å². The zero-order valence-corrected chi connectivity index (χ0v) is 12.2. The Kier molecular flexibility index (Phi) is 3.42. The topological polar surface area (TPSA) is 83.3 Å². The molecular formula is C16H15N3O3. The summed E-state index contributed by atoms with van der Waals surface area (Å²) >= 11 is 0. The molecule has 0 spiro atoms. The van der Waals surface area contributed by atoms with Crippen LogP contribution in [0, 0.1) is 13.8 Å². The third kappa shape index (κ3) is 2.35. The summed E-state index contributed by atoms with van der Waals surface area (Å²) in [7, 11) is 0. The van der Waals surface area contributed by atoms with Gasteiger partial charge in [0, 0.05) is 5.69 Å². The van der Waals surface area contributed by atoms with E-state index < -0.39 is 6.09 Å². The number of carbonyl (C=O) groups is 1. The standard InChI is InChI=1S/C16H15N3O3/c1-10-11(2)19(15(18-10)14-8-5-9-21-14)12-6-3-4-7-13(12)22-16(17)20/h3-9H,1-2H3,(H2,17,20). The highest BCUT2D eigenvalue weighted by Gasteiger charge is 2.19. The minimum absolute atomic E-state index is 0.364. The molecule has 2 aromatic heterocycles. The highest BCUT2D eigenvalue weighted by Crippen LogP contribution is 2.31. The maximum Gasteiger partial charge on any atom is 0.410 e. The predicted molar refractivity (Wildman–Crippen MR) is 81.0 cm³/mol. The normalized spacial score (nSPS) is 10.6. The molecule has 22 heavy (non-hydrogen) atoms. The lowest BCUT2D eigenvalue weighted by molar-refractivity contribution is 0.211. The van der Waals surface area contributed by atoms with Gasteiger partial charge in [0.2, 0.25) is 0 Å². The van der Waals surface area contributed by atoms with Crippen LogP contribution in [0.3, 0.4) is 0 Å². The first-order chi connectivity index (χ1) is 10.6. The molecule has 6 nitrogen and oxygen atoms in total. The molecule has 0 aliphatic rings. The highest BCUT2D eigenvalue weighted by molar-refractivity contribution is 5.70. The Morgan fingerprint density at radius 3 is 2.68 bits per heavy atom. The van der Waals surface area contributed by atoms with Crippen LogP contribution in [0.2, 0.25) is 0 Å². The fourth-order valence-electron chi connectivity index (χ4n) is 2.31. The fourth-order valence-corrected chi connectivity index (χ4v) is 2.31. The first kappa shape index (κ1) is 13.9. The van der Waals surface area contributed by atoms with Crippen LogP contribution >= 0.6 is 0 Å². The van der Waals surface area contributed by atoms with Gasteiger partial charge in [-0.3, -0.25) is 4.57 Å². The van der Waals surface area contributed by atoms with Gasteiger partial charge in [0.05, 0.1) is 17.6 Å². The number of nitrogens with zero attached hydrogens (tertiary/aromatic N) is 2. The third-order valence-corrected chi connectivity index (χ3v) is 3.40. The quantitative estimate of drug-likeness (QED) is 0.804. The zero-order chi connectivity index (χ0) is 15.7. The number of amides is 1. The molecule has 0 fully saturated rings. The van der Waals surface area contributed by atoms with Crippen molar-refractivity contribution >= 4 is 6.09 Å². The van der Waals surface area contributed by atoms with Crippen molar-refractivity contribution in [2.24, 2.45) is 5.73 Å². The average molecular weight is 297 g/mol. The Morgan fingerprint density at radius 2 is 2.00 bits per heavy atom. The minimum atomic E-state index is -0.860. The third-order valence-electron chi connectivity index (χ3n) is 3.40. The molecule has 1 aromatic carbocycles. The van der Waals surface area contributed by atoms with E-state index in [2.05, 4.69) is 4.98 Å². The summed E-state index contributed by atoms with van der Waals surface area (Å²) in [5.41, 5.74) is 7.60. The van der Waals surface area contributed by atoms with Crippen molar-refractivity contribution in [2.45, 2.75) is 13.8 Å². The molecule has 2 heterocycles. The first-order valence-corrected chi connectivity index (χ1v) is 6.74. The van der Waals surface area contributed by atoms with E-state index in [4.69, 9.17) is 14.9 Å². The highest BCUT2D eigenvalue weighted by atomic mass is 16.5. The van der Waals surface area contributed by atoms with Crippen LogP contribution in [-0.2, 0) is 0 Å². The number of hydrogen-bond donors (Lipinski definition) is 1. The number of aryl methyl sites for hydroxylation is 1. The summed E-state index contributed by atoms with van der Waals surface area (Å²) in [5.74, 6) is 1.63. The van der Waals surface area contributed by atoms with Gasteiger partial charge in [-0.2, -0.15) is 0 Å². The van der Waals surface area contributed by atoms with Gasteiger partial charge in [-0.15, -0.1) is 0 Å². The smallest absolute Gasteiger partial charge is 0.410 e. The molecule has 6 heteroatoms. The van der Waals surface area contributed by atoms with E-state index in [0.717, 1.165) is 11.4 Å². The fraction of sp³-hybridized carbons (Fsp3) is 0.125. The van der Waals surface area contributed by atoms with Gasteiger partial charge in [-0.05, 0) is 38.1 Å². The second kappa shape index (κ2) is 5.40. The molecule has 0 saturated heterocycles. The Balaban J connectivity index is 2.23. The lowest BCUT2D eigenvalue weighted by Crippen LogP contribution is -2.17. The maximum atomic E-state index is 11.1. The van der Waals surface area contributed by atoms with E-state index >= 15 is 0 Å². The van der Waals surface area contributed by atoms with Crippen LogP contribution in [0.4, 0.5) is 4.79 Å². The number of nitrogens with two attached hydrogens (primary N) is 1. The Labute approximate surface area is 127 Å². The Hall–Kier alpha value is -3.02. The van der Waals surface area contributed by atoms with E-state index in [0.29, 0.717) is 23.0 Å². The van der Waals surface area contributed by atoms with E-state index in [9.17, 15) is 4.79 Å². The Morgan fingerprint density at radius 1 is 1.23 bits per heavy atom. The van der Waals surface area contributed by atoms with Gasteiger partial charge < -0.3 is 14.9 Å². The molecule has 0 unspecified atom stereocenters. The molecule has 3 aromatic rings. The second-order valence-corrected chi connectivity index (χ2v) is 4.81. The summed E-state index contributed by atoms with van der Waals surface area (Å²) in [4.78, 5) is 15.7. The summed E-state index contributed by atoms with van der Waals surface area (Å²) in [6, 6.07) is 10.8. The molecule has 0 bridgehead atoms. The van der Waals surface area contributed by atoms with Crippen LogP contribution < -0.4 is 10.5 Å². The Bertz CT molecular complexity index is 819. The van der Waals surface area contributed by atoms with Gasteiger partial charge in [-0.25, -0.2) is 9.78 Å². The van der Waals surface area contributed by atoms with E-state index in [1.54, 1.807) is 24.5 Å². The van der Waals surface area contributed by atoms with Gasteiger partial charge in [0.1, 0.15) is 0 Å². The van der Waals surface area contributed by atoms with E-state index in [1.807, 2.05) is 36.6 Å². The van der Waals surface area contributed by atoms with Gasteiger partial charge in [0.25, 0.3) is 0 Å². The predicted octanol–water partition coefficient (Wildman–Crippen LogP) is 3.21. The number of rotatable bonds is 3. The van der Waals surface area contributed by atoms with Crippen LogP contribution in [0.15, 0.2) is 47.1 Å². The number of primary amides is 1. The minimum Gasteiger partial charge on any atom is -0.461 e. The molecular weight excluding hydrogens is 282 g/mol. The monoisotopic (exact) mass is 297 g/mol. The van der Waals surface area contributed by atoms with Crippen molar-refractivity contribution in [2.75, 3.05) is 0 Å². The van der Waals surface area contributed by atoms with Gasteiger partial charge >= 0.3 is 6.09 Å². The van der Waals surface area contributed by atoms with Crippen molar-refractivity contribution in [3.63, 3.8) is 0 Å². The summed E-state index contributed by atoms with van der Waals surface area (Å²) in [6.07, 6.45) is 0.728. The van der Waals surface area contributed by atoms with Crippen molar-refractivity contribution < 1.29 is 13.9 Å². The summed E-state index contributed by atoms with van der Waals surface area (Å²) in [6.45, 7) is 3.85. The zero-order valence-electron chi connectivity index (χ0n) is 12.2. The van der Waals surface area contributed by atoms with Gasteiger partial charge in [0.15, 0.2) is 17.3 Å². The maximum absolute atomic E-state index is 11.1. The van der Waals surface area contributed by atoms with Crippen LogP contribution in [0.25, 0.3) is 17.3 Å². The molecule has 2 N–H and O–H groups in total. The number of imidazole rings is 1. The molecule has 0 radical (unpaired) electrons. The van der Waals surface area contributed by atoms with Crippen molar-refractivity contribution in [1.82, 2.24) is 9.55 Å². The number of para-hydroxylation sites is 2. The van der Waals surface area contributed by atoms with Crippen molar-refractivity contribution in [3.8, 4) is 23.0 Å². The van der Waals surface area contributed by atoms with Crippen LogP contribution in [-0.4, -0.2) is 15.6 Å². The number of benzene rings is 1. The number of furan rings is 1. The second-order valence-electron chi connectivity index (χ2n) is 4.81. The number of aromatic nitrogens is 2. The first-order valence-electron chi connectivity index (χ1n) is 6.74. The average Bonchev–Trinajstić information content (AvgIpc) is 3.09. The molecule has 112 valence electrons.